The molecule has 0 atom stereocenters. The Bertz CT molecular complexity index is 612. The van der Waals surface area contributed by atoms with Crippen LogP contribution in [-0.2, 0) is 9.59 Å². The number of carbonyl (C=O) groups excluding carboxylic acids is 2. The second-order valence-corrected chi connectivity index (χ2v) is 6.26. The highest BCUT2D eigenvalue weighted by Crippen LogP contribution is 2.31. The van der Waals surface area contributed by atoms with Crippen molar-refractivity contribution in [3.63, 3.8) is 0 Å². The van der Waals surface area contributed by atoms with Crippen LogP contribution in [0, 0.1) is 12.8 Å². The van der Waals surface area contributed by atoms with Gasteiger partial charge in [-0.2, -0.15) is 0 Å². The van der Waals surface area contributed by atoms with E-state index in [0.717, 1.165) is 42.6 Å². The second kappa shape index (κ2) is 8.06. The molecule has 0 unspecified atom stereocenters. The molecule has 1 aromatic rings. The zero-order valence-electron chi connectivity index (χ0n) is 13.6. The summed E-state index contributed by atoms with van der Waals surface area (Å²) in [7, 11) is 0. The lowest BCUT2D eigenvalue weighted by atomic mass is 10.1. The molecule has 23 heavy (non-hydrogen) atoms. The topological polar surface area (TPSA) is 70.2 Å². The Morgan fingerprint density at radius 2 is 1.87 bits per heavy atom. The van der Waals surface area contributed by atoms with E-state index in [2.05, 4.69) is 16.0 Å². The smallest absolute Gasteiger partial charge is 0.227 e. The van der Waals surface area contributed by atoms with Gasteiger partial charge in [-0.15, -0.1) is 0 Å². The fourth-order valence-electron chi connectivity index (χ4n) is 2.17. The quantitative estimate of drug-likeness (QED) is 0.698. The Morgan fingerprint density at radius 3 is 2.48 bits per heavy atom. The van der Waals surface area contributed by atoms with Crippen molar-refractivity contribution in [2.45, 2.75) is 46.0 Å². The van der Waals surface area contributed by atoms with Crippen molar-refractivity contribution in [3.8, 4) is 0 Å². The Morgan fingerprint density at radius 1 is 1.22 bits per heavy atom. The largest absolute Gasteiger partial charge is 0.332 e. The molecule has 2 rings (SSSR count). The Hall–Kier alpha value is -1.95. The second-order valence-electron chi connectivity index (χ2n) is 5.85. The predicted octanol–water partition coefficient (Wildman–Crippen LogP) is 3.35. The van der Waals surface area contributed by atoms with Crippen molar-refractivity contribution in [1.82, 2.24) is 5.32 Å². The Kier molecular flexibility index (Phi) is 6.10. The van der Waals surface area contributed by atoms with Gasteiger partial charge in [-0.05, 0) is 56.1 Å². The number of thiocarbonyl (C=S) groups is 1. The minimum Gasteiger partial charge on any atom is -0.332 e. The van der Waals surface area contributed by atoms with Crippen LogP contribution in [-0.4, -0.2) is 16.9 Å². The average Bonchev–Trinajstić information content (AvgIpc) is 3.34. The number of rotatable bonds is 6. The number of carbonyl (C=O) groups is 2. The maximum atomic E-state index is 11.9. The molecule has 0 aliphatic heterocycles. The molecule has 0 saturated heterocycles. The van der Waals surface area contributed by atoms with Crippen LogP contribution >= 0.6 is 12.2 Å². The molecule has 1 saturated carbocycles. The molecule has 2 amide bonds. The van der Waals surface area contributed by atoms with E-state index in [4.69, 9.17) is 12.2 Å². The van der Waals surface area contributed by atoms with Gasteiger partial charge >= 0.3 is 0 Å². The van der Waals surface area contributed by atoms with Crippen LogP contribution in [0.25, 0.3) is 0 Å². The van der Waals surface area contributed by atoms with Gasteiger partial charge in [0.05, 0.1) is 0 Å². The number of anilines is 2. The van der Waals surface area contributed by atoms with Crippen LogP contribution in [0.3, 0.4) is 0 Å². The summed E-state index contributed by atoms with van der Waals surface area (Å²) in [6, 6.07) is 5.58. The molecule has 0 aromatic heterocycles. The van der Waals surface area contributed by atoms with Gasteiger partial charge in [0.1, 0.15) is 0 Å². The highest BCUT2D eigenvalue weighted by molar-refractivity contribution is 7.80. The number of amides is 2. The number of nitrogens with one attached hydrogen (secondary N) is 3. The molecule has 1 aliphatic rings. The number of unbranched alkanes of at least 4 members (excludes halogenated alkanes) is 1. The summed E-state index contributed by atoms with van der Waals surface area (Å²) in [5.41, 5.74) is 2.44. The first-order valence-corrected chi connectivity index (χ1v) is 8.43. The summed E-state index contributed by atoms with van der Waals surface area (Å²) in [5, 5.41) is 8.92. The maximum Gasteiger partial charge on any atom is 0.227 e. The predicted molar refractivity (Wildman–Crippen MR) is 96.4 cm³/mol. The van der Waals surface area contributed by atoms with E-state index >= 15 is 0 Å². The molecule has 0 radical (unpaired) electrons. The molecular formula is C17H23N3O2S. The van der Waals surface area contributed by atoms with Crippen molar-refractivity contribution in [3.05, 3.63) is 23.8 Å². The highest BCUT2D eigenvalue weighted by atomic mass is 32.1. The normalized spacial score (nSPS) is 13.3. The molecule has 6 heteroatoms. The summed E-state index contributed by atoms with van der Waals surface area (Å²) in [6.07, 6.45) is 4.22. The summed E-state index contributed by atoms with van der Waals surface area (Å²) in [5.74, 6) is 0.144. The van der Waals surface area contributed by atoms with Crippen LogP contribution < -0.4 is 16.0 Å². The fourth-order valence-corrected chi connectivity index (χ4v) is 2.39. The third-order valence-electron chi connectivity index (χ3n) is 3.80. The van der Waals surface area contributed by atoms with E-state index in [9.17, 15) is 9.59 Å². The van der Waals surface area contributed by atoms with Gasteiger partial charge in [0.15, 0.2) is 5.11 Å². The highest BCUT2D eigenvalue weighted by Gasteiger charge is 2.29. The van der Waals surface area contributed by atoms with Gasteiger partial charge in [0.2, 0.25) is 11.8 Å². The van der Waals surface area contributed by atoms with E-state index in [0.29, 0.717) is 6.42 Å². The van der Waals surface area contributed by atoms with Crippen LogP contribution in [0.2, 0.25) is 0 Å². The molecule has 1 aliphatic carbocycles. The van der Waals surface area contributed by atoms with Gasteiger partial charge in [-0.25, -0.2) is 0 Å². The lowest BCUT2D eigenvalue weighted by Crippen LogP contribution is -2.34. The molecule has 5 nitrogen and oxygen atoms in total. The molecule has 0 spiro atoms. The summed E-state index contributed by atoms with van der Waals surface area (Å²) >= 11 is 5.17. The molecule has 0 bridgehead atoms. The molecule has 1 fully saturated rings. The maximum absolute atomic E-state index is 11.9. The SMILES string of the molecule is CCCCC(=O)NC(=S)Nc1cccc(NC(=O)C2CC2)c1C. The summed E-state index contributed by atoms with van der Waals surface area (Å²) in [6.45, 7) is 3.95. The first-order valence-electron chi connectivity index (χ1n) is 8.02. The minimum absolute atomic E-state index is 0.0701. The first kappa shape index (κ1) is 17.4. The van der Waals surface area contributed by atoms with Gasteiger partial charge in [0.25, 0.3) is 0 Å². The van der Waals surface area contributed by atoms with Crippen LogP contribution in [0.4, 0.5) is 11.4 Å². The van der Waals surface area contributed by atoms with Gasteiger partial charge in [-0.1, -0.05) is 19.4 Å². The third kappa shape index (κ3) is 5.32. The van der Waals surface area contributed by atoms with Gasteiger partial charge in [0, 0.05) is 23.7 Å². The first-order chi connectivity index (χ1) is 11.0. The summed E-state index contributed by atoms with van der Waals surface area (Å²) < 4.78 is 0. The van der Waals surface area contributed by atoms with Crippen molar-refractivity contribution < 1.29 is 9.59 Å². The lowest BCUT2D eigenvalue weighted by Gasteiger charge is -2.15. The van der Waals surface area contributed by atoms with E-state index < -0.39 is 0 Å². The molecule has 124 valence electrons. The van der Waals surface area contributed by atoms with Gasteiger partial charge < -0.3 is 16.0 Å². The van der Waals surface area contributed by atoms with Crippen molar-refractivity contribution in [2.24, 2.45) is 5.92 Å². The van der Waals surface area contributed by atoms with Gasteiger partial charge in [-0.3, -0.25) is 9.59 Å². The monoisotopic (exact) mass is 333 g/mol. The Labute approximate surface area is 142 Å². The van der Waals surface area contributed by atoms with E-state index in [-0.39, 0.29) is 22.8 Å². The van der Waals surface area contributed by atoms with E-state index in [1.54, 1.807) is 0 Å². The summed E-state index contributed by atoms with van der Waals surface area (Å²) in [4.78, 5) is 23.6. The molecular weight excluding hydrogens is 310 g/mol. The standard InChI is InChI=1S/C17H23N3O2S/c1-3-4-8-15(21)20-17(23)19-14-7-5-6-13(11(14)2)18-16(22)12-9-10-12/h5-7,12H,3-4,8-10H2,1-2H3,(H,18,22)(H2,19,20,21,23). The number of hydrogen-bond acceptors (Lipinski definition) is 3. The van der Waals surface area contributed by atoms with Crippen LogP contribution in [0.15, 0.2) is 18.2 Å². The average molecular weight is 333 g/mol. The number of hydrogen-bond donors (Lipinski definition) is 3. The van der Waals surface area contributed by atoms with Crippen LogP contribution in [0.5, 0.6) is 0 Å². The fraction of sp³-hybridized carbons (Fsp3) is 0.471. The molecule has 1 aromatic carbocycles. The number of benzene rings is 1. The third-order valence-corrected chi connectivity index (χ3v) is 4.00. The Balaban J connectivity index is 1.95. The molecule has 0 heterocycles. The van der Waals surface area contributed by atoms with E-state index in [1.165, 1.54) is 0 Å². The van der Waals surface area contributed by atoms with Crippen molar-refractivity contribution >= 4 is 40.5 Å². The zero-order chi connectivity index (χ0) is 16.8. The van der Waals surface area contributed by atoms with Crippen molar-refractivity contribution in [2.75, 3.05) is 10.6 Å². The molecule has 3 N–H and O–H groups in total. The van der Waals surface area contributed by atoms with E-state index in [1.807, 2.05) is 32.0 Å². The lowest BCUT2D eigenvalue weighted by molar-refractivity contribution is -0.120. The zero-order valence-corrected chi connectivity index (χ0v) is 14.4. The van der Waals surface area contributed by atoms with Crippen molar-refractivity contribution in [1.29, 1.82) is 0 Å². The minimum atomic E-state index is -0.0832. The van der Waals surface area contributed by atoms with Crippen LogP contribution in [0.1, 0.15) is 44.6 Å².